The van der Waals surface area contributed by atoms with E-state index in [1.165, 1.54) is 5.56 Å². The third-order valence-corrected chi connectivity index (χ3v) is 8.78. The van der Waals surface area contributed by atoms with Crippen molar-refractivity contribution >= 4 is 21.6 Å². The van der Waals surface area contributed by atoms with Crippen molar-refractivity contribution in [2.75, 3.05) is 37.6 Å². The minimum atomic E-state index is -3.52. The Hall–Kier alpha value is -2.22. The van der Waals surface area contributed by atoms with Crippen LogP contribution in [0, 0.1) is 0 Å². The molecule has 0 bridgehead atoms. The molecule has 0 aromatic heterocycles. The van der Waals surface area contributed by atoms with Crippen molar-refractivity contribution in [2.45, 2.75) is 50.5 Å². The lowest BCUT2D eigenvalue weighted by Gasteiger charge is -2.35. The normalized spacial score (nSPS) is 20.8. The second-order valence-electron chi connectivity index (χ2n) is 9.00. The summed E-state index contributed by atoms with van der Waals surface area (Å²) in [5.41, 5.74) is 3.38. The molecule has 7 heteroatoms. The monoisotopic (exact) mass is 455 g/mol. The number of fused-ring (bicyclic) bond motifs is 1. The van der Waals surface area contributed by atoms with E-state index in [1.54, 1.807) is 16.4 Å². The highest BCUT2D eigenvalue weighted by Crippen LogP contribution is 2.32. The maximum atomic E-state index is 13.1. The maximum absolute atomic E-state index is 13.1. The van der Waals surface area contributed by atoms with Gasteiger partial charge in [0.1, 0.15) is 0 Å². The van der Waals surface area contributed by atoms with Gasteiger partial charge in [-0.1, -0.05) is 44.2 Å². The first-order valence-electron chi connectivity index (χ1n) is 11.5. The largest absolute Gasteiger partial charge is 0.308 e. The van der Waals surface area contributed by atoms with Crippen LogP contribution in [0.15, 0.2) is 53.4 Å². The van der Waals surface area contributed by atoms with Crippen molar-refractivity contribution in [3.05, 3.63) is 59.7 Å². The number of carbonyl (C=O) groups is 1. The van der Waals surface area contributed by atoms with Crippen LogP contribution in [0.3, 0.4) is 0 Å². The van der Waals surface area contributed by atoms with Crippen LogP contribution >= 0.6 is 0 Å². The molecule has 0 radical (unpaired) electrons. The lowest BCUT2D eigenvalue weighted by Crippen LogP contribution is -2.52. The molecule has 0 aliphatic carbocycles. The van der Waals surface area contributed by atoms with Gasteiger partial charge in [0.15, 0.2) is 0 Å². The first-order valence-corrected chi connectivity index (χ1v) is 13.0. The van der Waals surface area contributed by atoms with Gasteiger partial charge in [0.25, 0.3) is 0 Å². The van der Waals surface area contributed by atoms with Crippen LogP contribution in [-0.4, -0.2) is 62.3 Å². The van der Waals surface area contributed by atoms with Gasteiger partial charge in [-0.2, -0.15) is 4.31 Å². The second-order valence-corrected chi connectivity index (χ2v) is 10.9. The molecule has 2 aromatic rings. The Morgan fingerprint density at radius 1 is 1.03 bits per heavy atom. The lowest BCUT2D eigenvalue weighted by atomic mass is 9.99. The van der Waals surface area contributed by atoms with Crippen LogP contribution in [0.1, 0.15) is 44.2 Å². The topological polar surface area (TPSA) is 60.9 Å². The molecule has 2 heterocycles. The lowest BCUT2D eigenvalue weighted by molar-refractivity contribution is -0.120. The molecular weight excluding hydrogens is 422 g/mol. The summed E-state index contributed by atoms with van der Waals surface area (Å²) in [5.74, 6) is 0.498. The highest BCUT2D eigenvalue weighted by molar-refractivity contribution is 7.89. The van der Waals surface area contributed by atoms with Crippen LogP contribution in [0.4, 0.5) is 5.69 Å². The molecule has 0 spiro atoms. The number of amides is 1. The summed E-state index contributed by atoms with van der Waals surface area (Å²) in [6, 6.07) is 15.5. The fourth-order valence-electron chi connectivity index (χ4n) is 4.69. The van der Waals surface area contributed by atoms with E-state index in [0.29, 0.717) is 43.5 Å². The number of anilines is 1. The summed E-state index contributed by atoms with van der Waals surface area (Å²) in [6.45, 7) is 8.57. The van der Waals surface area contributed by atoms with E-state index >= 15 is 0 Å². The van der Waals surface area contributed by atoms with Crippen molar-refractivity contribution < 1.29 is 13.2 Å². The predicted molar refractivity (Wildman–Crippen MR) is 127 cm³/mol. The highest BCUT2D eigenvalue weighted by atomic mass is 32.2. The van der Waals surface area contributed by atoms with Crippen molar-refractivity contribution in [2.24, 2.45) is 0 Å². The average Bonchev–Trinajstić information content (AvgIpc) is 3.14. The summed E-state index contributed by atoms with van der Waals surface area (Å²) < 4.78 is 27.7. The minimum Gasteiger partial charge on any atom is -0.308 e. The van der Waals surface area contributed by atoms with Gasteiger partial charge in [-0.3, -0.25) is 9.69 Å². The molecule has 2 atom stereocenters. The molecule has 2 aromatic carbocycles. The molecular formula is C25H33N3O3S. The van der Waals surface area contributed by atoms with Crippen molar-refractivity contribution in [1.82, 2.24) is 9.21 Å². The first-order chi connectivity index (χ1) is 15.3. The molecule has 1 saturated heterocycles. The summed E-state index contributed by atoms with van der Waals surface area (Å²) in [7, 11) is -3.52. The summed E-state index contributed by atoms with van der Waals surface area (Å²) >= 11 is 0. The van der Waals surface area contributed by atoms with Crippen LogP contribution in [0.5, 0.6) is 0 Å². The Morgan fingerprint density at radius 2 is 1.69 bits per heavy atom. The Morgan fingerprint density at radius 3 is 2.34 bits per heavy atom. The Kier molecular flexibility index (Phi) is 6.70. The van der Waals surface area contributed by atoms with E-state index in [9.17, 15) is 13.2 Å². The smallest absolute Gasteiger partial charge is 0.243 e. The molecule has 6 nitrogen and oxygen atoms in total. The van der Waals surface area contributed by atoms with E-state index < -0.39 is 10.0 Å². The zero-order valence-electron chi connectivity index (χ0n) is 19.2. The van der Waals surface area contributed by atoms with Gasteiger partial charge in [0.05, 0.1) is 11.4 Å². The fraction of sp³-hybridized carbons (Fsp3) is 0.480. The standard InChI is InChI=1S/C25H33N3O3S/c1-4-19(2)21-9-11-23(12-10-21)32(30,31)27-15-13-26(14-16-27)18-25(29)28-20(3)17-22-7-5-6-8-24(22)28/h5-12,19-20H,4,13-18H2,1-3H3/t19-,20-/m1/s1. The van der Waals surface area contributed by atoms with Crippen LogP contribution < -0.4 is 4.90 Å². The van der Waals surface area contributed by atoms with E-state index in [2.05, 4.69) is 31.7 Å². The summed E-state index contributed by atoms with van der Waals surface area (Å²) in [6.07, 6.45) is 1.90. The Labute approximate surface area is 191 Å². The molecule has 0 saturated carbocycles. The molecule has 2 aliphatic rings. The van der Waals surface area contributed by atoms with E-state index in [0.717, 1.165) is 24.1 Å². The quantitative estimate of drug-likeness (QED) is 0.669. The van der Waals surface area contributed by atoms with Gasteiger partial charge in [-0.05, 0) is 55.0 Å². The predicted octanol–water partition coefficient (Wildman–Crippen LogP) is 3.48. The molecule has 0 unspecified atom stereocenters. The zero-order chi connectivity index (χ0) is 22.9. The molecule has 0 N–H and O–H groups in total. The average molecular weight is 456 g/mol. The van der Waals surface area contributed by atoms with Gasteiger partial charge >= 0.3 is 0 Å². The Bertz CT molecular complexity index is 1060. The van der Waals surface area contributed by atoms with Gasteiger partial charge in [0, 0.05) is 37.9 Å². The maximum Gasteiger partial charge on any atom is 0.243 e. The molecule has 2 aliphatic heterocycles. The van der Waals surface area contributed by atoms with E-state index in [4.69, 9.17) is 0 Å². The first kappa shape index (κ1) is 23.0. The number of rotatable bonds is 6. The molecule has 32 heavy (non-hydrogen) atoms. The van der Waals surface area contributed by atoms with E-state index in [1.807, 2.05) is 35.2 Å². The SMILES string of the molecule is CC[C@@H](C)c1ccc(S(=O)(=O)N2CCN(CC(=O)N3c4ccccc4C[C@H]3C)CC2)cc1. The van der Waals surface area contributed by atoms with Gasteiger partial charge in [0.2, 0.25) is 15.9 Å². The number of carbonyl (C=O) groups excluding carboxylic acids is 1. The number of piperazine rings is 1. The molecule has 1 fully saturated rings. The molecule has 4 rings (SSSR count). The summed E-state index contributed by atoms with van der Waals surface area (Å²) in [5, 5.41) is 0. The van der Waals surface area contributed by atoms with Crippen LogP contribution in [-0.2, 0) is 21.2 Å². The Balaban J connectivity index is 1.36. The molecule has 1 amide bonds. The number of hydrogen-bond acceptors (Lipinski definition) is 4. The van der Waals surface area contributed by atoms with E-state index in [-0.39, 0.29) is 11.9 Å². The second kappa shape index (κ2) is 9.33. The van der Waals surface area contributed by atoms with Crippen molar-refractivity contribution in [3.8, 4) is 0 Å². The number of sulfonamides is 1. The minimum absolute atomic E-state index is 0.0828. The third kappa shape index (κ3) is 4.47. The number of hydrogen-bond donors (Lipinski definition) is 0. The fourth-order valence-corrected chi connectivity index (χ4v) is 6.12. The van der Waals surface area contributed by atoms with Crippen LogP contribution in [0.25, 0.3) is 0 Å². The zero-order valence-corrected chi connectivity index (χ0v) is 20.0. The van der Waals surface area contributed by atoms with Crippen molar-refractivity contribution in [1.29, 1.82) is 0 Å². The van der Waals surface area contributed by atoms with Gasteiger partial charge < -0.3 is 4.90 Å². The third-order valence-electron chi connectivity index (χ3n) is 6.87. The van der Waals surface area contributed by atoms with Gasteiger partial charge in [-0.15, -0.1) is 0 Å². The number of benzene rings is 2. The van der Waals surface area contributed by atoms with Crippen LogP contribution in [0.2, 0.25) is 0 Å². The summed E-state index contributed by atoms with van der Waals surface area (Å²) in [4.78, 5) is 17.4. The highest BCUT2D eigenvalue weighted by Gasteiger charge is 2.33. The number of nitrogens with zero attached hydrogens (tertiary/aromatic N) is 3. The van der Waals surface area contributed by atoms with Crippen molar-refractivity contribution in [3.63, 3.8) is 0 Å². The molecule has 172 valence electrons. The number of para-hydroxylation sites is 1. The van der Waals surface area contributed by atoms with Gasteiger partial charge in [-0.25, -0.2) is 8.42 Å².